The molecule has 1 amide bonds. The molecule has 0 aliphatic heterocycles. The number of fused-ring (bicyclic) bond motifs is 1. The molecule has 0 radical (unpaired) electrons. The van der Waals surface area contributed by atoms with Gasteiger partial charge in [0.05, 0.1) is 0 Å². The van der Waals surface area contributed by atoms with Crippen molar-refractivity contribution >= 4 is 22.8 Å². The quantitative estimate of drug-likeness (QED) is 0.792. The van der Waals surface area contributed by atoms with Crippen molar-refractivity contribution < 1.29 is 19.1 Å². The van der Waals surface area contributed by atoms with E-state index in [1.165, 1.54) is 18.2 Å². The summed E-state index contributed by atoms with van der Waals surface area (Å²) in [7, 11) is 0. The van der Waals surface area contributed by atoms with Crippen LogP contribution in [0.25, 0.3) is 10.9 Å². The van der Waals surface area contributed by atoms with Crippen molar-refractivity contribution in [3.8, 4) is 0 Å². The summed E-state index contributed by atoms with van der Waals surface area (Å²) in [5, 5.41) is 11.9. The number of carboxylic acids is 1. The Kier molecular flexibility index (Phi) is 4.26. The number of H-pyrrole nitrogens is 1. The molecule has 0 fully saturated rings. The van der Waals surface area contributed by atoms with Crippen molar-refractivity contribution in [1.82, 2.24) is 10.3 Å². The maximum Gasteiger partial charge on any atom is 0.326 e. The SMILES string of the molecule is CC[C@H](C)[C@H](NC(=O)c1cc2c(F)cccc2[nH]1)C(=O)O. The molecule has 21 heavy (non-hydrogen) atoms. The highest BCUT2D eigenvalue weighted by atomic mass is 19.1. The second-order valence-electron chi connectivity index (χ2n) is 5.06. The van der Waals surface area contributed by atoms with Gasteiger partial charge in [-0.05, 0) is 24.1 Å². The van der Waals surface area contributed by atoms with Gasteiger partial charge in [-0.3, -0.25) is 4.79 Å². The van der Waals surface area contributed by atoms with Gasteiger partial charge >= 0.3 is 5.97 Å². The molecule has 0 aliphatic carbocycles. The third kappa shape index (κ3) is 3.04. The number of carboxylic acid groups (broad SMARTS) is 1. The molecule has 2 aromatic rings. The summed E-state index contributed by atoms with van der Waals surface area (Å²) >= 11 is 0. The van der Waals surface area contributed by atoms with Gasteiger partial charge in [-0.15, -0.1) is 0 Å². The van der Waals surface area contributed by atoms with Crippen molar-refractivity contribution in [1.29, 1.82) is 0 Å². The molecule has 2 rings (SSSR count). The predicted molar refractivity (Wildman–Crippen MR) is 76.6 cm³/mol. The lowest BCUT2D eigenvalue weighted by molar-refractivity contribution is -0.140. The molecule has 0 unspecified atom stereocenters. The van der Waals surface area contributed by atoms with Gasteiger partial charge in [-0.1, -0.05) is 26.3 Å². The van der Waals surface area contributed by atoms with Gasteiger partial charge in [-0.2, -0.15) is 0 Å². The lowest BCUT2D eigenvalue weighted by Gasteiger charge is -2.19. The number of hydrogen-bond acceptors (Lipinski definition) is 2. The highest BCUT2D eigenvalue weighted by molar-refractivity contribution is 5.99. The van der Waals surface area contributed by atoms with Crippen LogP contribution in [0.2, 0.25) is 0 Å². The minimum atomic E-state index is -1.08. The number of aliphatic carboxylic acids is 1. The number of hydrogen-bond donors (Lipinski definition) is 3. The van der Waals surface area contributed by atoms with E-state index in [1.807, 2.05) is 6.92 Å². The van der Waals surface area contributed by atoms with Gasteiger partial charge in [0.15, 0.2) is 0 Å². The van der Waals surface area contributed by atoms with Crippen LogP contribution in [0.3, 0.4) is 0 Å². The Labute approximate surface area is 121 Å². The van der Waals surface area contributed by atoms with Crippen LogP contribution < -0.4 is 5.32 Å². The third-order valence-electron chi connectivity index (χ3n) is 3.62. The number of amides is 1. The molecule has 6 heteroatoms. The van der Waals surface area contributed by atoms with Gasteiger partial charge in [0.1, 0.15) is 17.6 Å². The Morgan fingerprint density at radius 3 is 2.71 bits per heavy atom. The van der Waals surface area contributed by atoms with Crippen molar-refractivity contribution in [2.24, 2.45) is 5.92 Å². The molecule has 0 aliphatic rings. The zero-order valence-electron chi connectivity index (χ0n) is 11.8. The Hall–Kier alpha value is -2.37. The summed E-state index contributed by atoms with van der Waals surface area (Å²) in [6.07, 6.45) is 0.624. The first-order chi connectivity index (χ1) is 9.93. The zero-order valence-corrected chi connectivity index (χ0v) is 11.8. The van der Waals surface area contributed by atoms with Gasteiger partial charge in [-0.25, -0.2) is 9.18 Å². The van der Waals surface area contributed by atoms with Crippen LogP contribution in [0, 0.1) is 11.7 Å². The minimum absolute atomic E-state index is 0.143. The van der Waals surface area contributed by atoms with Gasteiger partial charge in [0.2, 0.25) is 0 Å². The monoisotopic (exact) mass is 292 g/mol. The largest absolute Gasteiger partial charge is 0.480 e. The topological polar surface area (TPSA) is 82.2 Å². The number of halogens is 1. The molecule has 0 saturated heterocycles. The number of nitrogens with one attached hydrogen (secondary N) is 2. The minimum Gasteiger partial charge on any atom is -0.480 e. The van der Waals surface area contributed by atoms with E-state index in [1.54, 1.807) is 13.0 Å². The maximum atomic E-state index is 13.6. The van der Waals surface area contributed by atoms with E-state index in [4.69, 9.17) is 5.11 Å². The second kappa shape index (κ2) is 5.95. The van der Waals surface area contributed by atoms with E-state index in [9.17, 15) is 14.0 Å². The smallest absolute Gasteiger partial charge is 0.326 e. The fourth-order valence-electron chi connectivity index (χ4n) is 2.14. The summed E-state index contributed by atoms with van der Waals surface area (Å²) in [4.78, 5) is 26.1. The number of aromatic amines is 1. The van der Waals surface area contributed by atoms with Crippen LogP contribution >= 0.6 is 0 Å². The maximum absolute atomic E-state index is 13.6. The molecule has 1 aromatic carbocycles. The van der Waals surface area contributed by atoms with Gasteiger partial charge in [0.25, 0.3) is 5.91 Å². The standard InChI is InChI=1S/C15H17FN2O3/c1-3-8(2)13(15(20)21)18-14(19)12-7-9-10(16)5-4-6-11(9)17-12/h4-8,13,17H,3H2,1-2H3,(H,18,19)(H,20,21)/t8-,13-/m0/s1. The summed E-state index contributed by atoms with van der Waals surface area (Å²) < 4.78 is 13.6. The molecule has 1 aromatic heterocycles. The average Bonchev–Trinajstić information content (AvgIpc) is 2.89. The van der Waals surface area contributed by atoms with Crippen molar-refractivity contribution in [3.63, 3.8) is 0 Å². The summed E-state index contributed by atoms with van der Waals surface area (Å²) in [5.74, 6) is -2.27. The van der Waals surface area contributed by atoms with Crippen LogP contribution in [0.4, 0.5) is 4.39 Å². The van der Waals surface area contributed by atoms with Crippen LogP contribution in [0.15, 0.2) is 24.3 Å². The zero-order chi connectivity index (χ0) is 15.6. The van der Waals surface area contributed by atoms with E-state index in [0.29, 0.717) is 17.3 Å². The Morgan fingerprint density at radius 2 is 2.14 bits per heavy atom. The lowest BCUT2D eigenvalue weighted by Crippen LogP contribution is -2.45. The first-order valence-electron chi connectivity index (χ1n) is 6.75. The average molecular weight is 292 g/mol. The van der Waals surface area contributed by atoms with E-state index in [0.717, 1.165) is 0 Å². The van der Waals surface area contributed by atoms with Crippen LogP contribution in [-0.2, 0) is 4.79 Å². The fourth-order valence-corrected chi connectivity index (χ4v) is 2.14. The lowest BCUT2D eigenvalue weighted by atomic mass is 9.99. The van der Waals surface area contributed by atoms with Crippen LogP contribution in [0.5, 0.6) is 0 Å². The predicted octanol–water partition coefficient (Wildman–Crippen LogP) is 2.54. The number of benzene rings is 1. The van der Waals surface area contributed by atoms with Crippen molar-refractivity contribution in [2.75, 3.05) is 0 Å². The molecule has 5 nitrogen and oxygen atoms in total. The van der Waals surface area contributed by atoms with E-state index >= 15 is 0 Å². The number of carbonyl (C=O) groups is 2. The highest BCUT2D eigenvalue weighted by Gasteiger charge is 2.26. The summed E-state index contributed by atoms with van der Waals surface area (Å²) in [5.41, 5.74) is 0.639. The molecule has 0 bridgehead atoms. The van der Waals surface area contributed by atoms with E-state index in [-0.39, 0.29) is 11.6 Å². The first kappa shape index (κ1) is 15.0. The fraction of sp³-hybridized carbons (Fsp3) is 0.333. The molecule has 3 N–H and O–H groups in total. The Bertz CT molecular complexity index is 681. The summed E-state index contributed by atoms with van der Waals surface area (Å²) in [6.45, 7) is 3.61. The van der Waals surface area contributed by atoms with Gasteiger partial charge in [0, 0.05) is 10.9 Å². The number of carbonyl (C=O) groups excluding carboxylic acids is 1. The molecular weight excluding hydrogens is 275 g/mol. The number of rotatable bonds is 5. The van der Waals surface area contributed by atoms with Crippen LogP contribution in [0.1, 0.15) is 30.8 Å². The van der Waals surface area contributed by atoms with Crippen LogP contribution in [-0.4, -0.2) is 28.0 Å². The first-order valence-corrected chi connectivity index (χ1v) is 6.75. The molecule has 1 heterocycles. The number of aromatic nitrogens is 1. The Morgan fingerprint density at radius 1 is 1.43 bits per heavy atom. The molecule has 2 atom stereocenters. The second-order valence-corrected chi connectivity index (χ2v) is 5.06. The third-order valence-corrected chi connectivity index (χ3v) is 3.62. The summed E-state index contributed by atoms with van der Waals surface area (Å²) in [6, 6.07) is 4.90. The van der Waals surface area contributed by atoms with Crippen molar-refractivity contribution in [3.05, 3.63) is 35.8 Å². The Balaban J connectivity index is 2.25. The molecule has 0 saturated carbocycles. The molecular formula is C15H17FN2O3. The van der Waals surface area contributed by atoms with Gasteiger partial charge < -0.3 is 15.4 Å². The van der Waals surface area contributed by atoms with E-state index in [2.05, 4.69) is 10.3 Å². The highest BCUT2D eigenvalue weighted by Crippen LogP contribution is 2.19. The molecule has 112 valence electrons. The van der Waals surface area contributed by atoms with Crippen molar-refractivity contribution in [2.45, 2.75) is 26.3 Å². The normalized spacial score (nSPS) is 13.9. The molecule has 0 spiro atoms. The van der Waals surface area contributed by atoms with E-state index < -0.39 is 23.7 Å².